The second-order valence-electron chi connectivity index (χ2n) is 3.64. The van der Waals surface area contributed by atoms with E-state index in [9.17, 15) is 4.79 Å². The van der Waals surface area contributed by atoms with E-state index >= 15 is 0 Å². The van der Waals surface area contributed by atoms with Gasteiger partial charge in [0.1, 0.15) is 0 Å². The summed E-state index contributed by atoms with van der Waals surface area (Å²) < 4.78 is 0. The van der Waals surface area contributed by atoms with Crippen LogP contribution in [0.3, 0.4) is 0 Å². The molecule has 1 aliphatic rings. The van der Waals surface area contributed by atoms with Gasteiger partial charge in [-0.05, 0) is 12.1 Å². The Balaban J connectivity index is 0.00000144. The minimum atomic E-state index is -0.0472. The normalized spacial score (nSPS) is 15.3. The second-order valence-corrected chi connectivity index (χ2v) is 4.43. The number of nitrogens with zero attached hydrogens (tertiary/aromatic N) is 1. The molecule has 2 rings (SSSR count). The number of carbonyl (C=O) groups is 1. The van der Waals surface area contributed by atoms with Crippen LogP contribution in [-0.2, 0) is 0 Å². The molecule has 0 aliphatic carbocycles. The summed E-state index contributed by atoms with van der Waals surface area (Å²) in [5, 5.41) is 3.95. The Bertz CT molecular complexity index is 406. The average Bonchev–Trinajstić information content (AvgIpc) is 2.33. The number of benzene rings is 1. The second kappa shape index (κ2) is 6.45. The van der Waals surface area contributed by atoms with E-state index in [4.69, 9.17) is 23.2 Å². The first kappa shape index (κ1) is 14.6. The van der Waals surface area contributed by atoms with Gasteiger partial charge in [0.05, 0.1) is 15.6 Å². The third-order valence-electron chi connectivity index (χ3n) is 2.59. The van der Waals surface area contributed by atoms with Gasteiger partial charge in [-0.15, -0.1) is 12.4 Å². The molecule has 1 fully saturated rings. The van der Waals surface area contributed by atoms with Crippen LogP contribution >= 0.6 is 35.6 Å². The lowest BCUT2D eigenvalue weighted by Gasteiger charge is -2.27. The molecule has 6 heteroatoms. The maximum atomic E-state index is 12.1. The highest BCUT2D eigenvalue weighted by Gasteiger charge is 2.20. The maximum Gasteiger partial charge on any atom is 0.255 e. The molecule has 1 aromatic carbocycles. The molecule has 0 saturated carbocycles. The molecule has 1 aromatic rings. The number of piperazine rings is 1. The molecule has 0 atom stereocenters. The lowest BCUT2D eigenvalue weighted by molar-refractivity contribution is 0.0736. The van der Waals surface area contributed by atoms with Crippen molar-refractivity contribution in [2.24, 2.45) is 0 Å². The number of amides is 1. The van der Waals surface area contributed by atoms with Gasteiger partial charge in [0.25, 0.3) is 5.91 Å². The molecule has 17 heavy (non-hydrogen) atoms. The van der Waals surface area contributed by atoms with Gasteiger partial charge < -0.3 is 10.2 Å². The van der Waals surface area contributed by atoms with Crippen LogP contribution in [0.1, 0.15) is 10.4 Å². The molecule has 1 amide bonds. The number of hydrogen-bond acceptors (Lipinski definition) is 2. The minimum absolute atomic E-state index is 0. The Hall–Kier alpha value is -0.480. The van der Waals surface area contributed by atoms with Crippen molar-refractivity contribution in [3.05, 3.63) is 33.8 Å². The molecule has 0 aromatic heterocycles. The molecule has 0 bridgehead atoms. The Kier molecular flexibility index (Phi) is 5.53. The Morgan fingerprint density at radius 1 is 1.24 bits per heavy atom. The fraction of sp³-hybridized carbons (Fsp3) is 0.364. The third-order valence-corrected chi connectivity index (χ3v) is 3.41. The van der Waals surface area contributed by atoms with Gasteiger partial charge in [0.2, 0.25) is 0 Å². The molecule has 1 saturated heterocycles. The van der Waals surface area contributed by atoms with Gasteiger partial charge in [0, 0.05) is 26.2 Å². The maximum absolute atomic E-state index is 12.1. The molecule has 94 valence electrons. The van der Waals surface area contributed by atoms with E-state index < -0.39 is 0 Å². The molecule has 1 aliphatic heterocycles. The van der Waals surface area contributed by atoms with Crippen molar-refractivity contribution < 1.29 is 4.79 Å². The van der Waals surface area contributed by atoms with Crippen LogP contribution in [-0.4, -0.2) is 37.0 Å². The van der Waals surface area contributed by atoms with Crippen molar-refractivity contribution >= 4 is 41.5 Å². The van der Waals surface area contributed by atoms with Crippen LogP contribution in [0.2, 0.25) is 10.0 Å². The summed E-state index contributed by atoms with van der Waals surface area (Å²) in [5.74, 6) is -0.0472. The largest absolute Gasteiger partial charge is 0.336 e. The van der Waals surface area contributed by atoms with Crippen molar-refractivity contribution in [3.8, 4) is 0 Å². The lowest BCUT2D eigenvalue weighted by Crippen LogP contribution is -2.46. The molecule has 0 unspecified atom stereocenters. The number of nitrogens with one attached hydrogen (secondary N) is 1. The lowest BCUT2D eigenvalue weighted by atomic mass is 10.2. The number of hydrogen-bond donors (Lipinski definition) is 1. The average molecular weight is 296 g/mol. The van der Waals surface area contributed by atoms with Crippen molar-refractivity contribution in [1.29, 1.82) is 0 Å². The summed E-state index contributed by atoms with van der Waals surface area (Å²) in [6, 6.07) is 5.13. The van der Waals surface area contributed by atoms with Crippen LogP contribution in [0.15, 0.2) is 18.2 Å². The highest BCUT2D eigenvalue weighted by Crippen LogP contribution is 2.26. The van der Waals surface area contributed by atoms with Crippen LogP contribution in [0.25, 0.3) is 0 Å². The number of halogens is 3. The first-order chi connectivity index (χ1) is 7.70. The summed E-state index contributed by atoms with van der Waals surface area (Å²) in [6.45, 7) is 3.07. The molecule has 0 spiro atoms. The quantitative estimate of drug-likeness (QED) is 0.863. The molecular weight excluding hydrogens is 282 g/mol. The van der Waals surface area contributed by atoms with E-state index in [0.717, 1.165) is 13.1 Å². The van der Waals surface area contributed by atoms with Gasteiger partial charge >= 0.3 is 0 Å². The van der Waals surface area contributed by atoms with E-state index in [2.05, 4.69) is 5.32 Å². The predicted molar refractivity (Wildman–Crippen MR) is 72.5 cm³/mol. The van der Waals surface area contributed by atoms with Gasteiger partial charge in [0.15, 0.2) is 0 Å². The Morgan fingerprint density at radius 2 is 1.88 bits per heavy atom. The van der Waals surface area contributed by atoms with E-state index in [0.29, 0.717) is 28.7 Å². The van der Waals surface area contributed by atoms with Crippen LogP contribution in [0.4, 0.5) is 0 Å². The topological polar surface area (TPSA) is 32.3 Å². The van der Waals surface area contributed by atoms with E-state index in [-0.39, 0.29) is 18.3 Å². The summed E-state index contributed by atoms with van der Waals surface area (Å²) in [6.07, 6.45) is 0. The smallest absolute Gasteiger partial charge is 0.255 e. The van der Waals surface area contributed by atoms with Crippen molar-refractivity contribution in [2.45, 2.75) is 0 Å². The fourth-order valence-electron chi connectivity index (χ4n) is 1.71. The fourth-order valence-corrected chi connectivity index (χ4v) is 2.09. The molecular formula is C11H13Cl3N2O. The third kappa shape index (κ3) is 3.26. The molecule has 1 N–H and O–H groups in total. The predicted octanol–water partition coefficient (Wildman–Crippen LogP) is 2.46. The van der Waals surface area contributed by atoms with Gasteiger partial charge in [-0.25, -0.2) is 0 Å². The zero-order valence-electron chi connectivity index (χ0n) is 9.08. The van der Waals surface area contributed by atoms with Crippen LogP contribution < -0.4 is 5.32 Å². The Labute approximate surface area is 116 Å². The first-order valence-corrected chi connectivity index (χ1v) is 5.90. The van der Waals surface area contributed by atoms with Gasteiger partial charge in [-0.2, -0.15) is 0 Å². The van der Waals surface area contributed by atoms with E-state index in [1.54, 1.807) is 23.1 Å². The molecule has 0 radical (unpaired) electrons. The summed E-state index contributed by atoms with van der Waals surface area (Å²) in [5.41, 5.74) is 0.482. The summed E-state index contributed by atoms with van der Waals surface area (Å²) >= 11 is 11.9. The zero-order chi connectivity index (χ0) is 11.5. The SMILES string of the molecule is Cl.O=C(c1cccc(Cl)c1Cl)N1CCNCC1. The van der Waals surface area contributed by atoms with E-state index in [1.165, 1.54) is 0 Å². The minimum Gasteiger partial charge on any atom is -0.336 e. The first-order valence-electron chi connectivity index (χ1n) is 5.14. The van der Waals surface area contributed by atoms with Crippen LogP contribution in [0.5, 0.6) is 0 Å². The monoisotopic (exact) mass is 294 g/mol. The van der Waals surface area contributed by atoms with Crippen molar-refractivity contribution in [2.75, 3.05) is 26.2 Å². The van der Waals surface area contributed by atoms with Gasteiger partial charge in [-0.1, -0.05) is 29.3 Å². The Morgan fingerprint density at radius 3 is 2.53 bits per heavy atom. The highest BCUT2D eigenvalue weighted by molar-refractivity contribution is 6.43. The van der Waals surface area contributed by atoms with Crippen molar-refractivity contribution in [1.82, 2.24) is 10.2 Å². The standard InChI is InChI=1S/C11H12Cl2N2O.ClH/c12-9-3-1-2-8(10(9)13)11(16)15-6-4-14-5-7-15;/h1-3,14H,4-7H2;1H. The summed E-state index contributed by atoms with van der Waals surface area (Å²) in [4.78, 5) is 13.9. The van der Waals surface area contributed by atoms with Gasteiger partial charge in [-0.3, -0.25) is 4.79 Å². The molecule has 1 heterocycles. The zero-order valence-corrected chi connectivity index (χ0v) is 11.4. The number of carbonyl (C=O) groups excluding carboxylic acids is 1. The van der Waals surface area contributed by atoms with E-state index in [1.807, 2.05) is 0 Å². The van der Waals surface area contributed by atoms with Crippen LogP contribution in [0, 0.1) is 0 Å². The highest BCUT2D eigenvalue weighted by atomic mass is 35.5. The molecule has 3 nitrogen and oxygen atoms in total. The summed E-state index contributed by atoms with van der Waals surface area (Å²) in [7, 11) is 0. The van der Waals surface area contributed by atoms with Crippen molar-refractivity contribution in [3.63, 3.8) is 0 Å². The number of rotatable bonds is 1.